The van der Waals surface area contributed by atoms with Gasteiger partial charge in [0.05, 0.1) is 0 Å². The maximum absolute atomic E-state index is 2.97. The van der Waals surface area contributed by atoms with E-state index in [9.17, 15) is 0 Å². The first-order chi connectivity index (χ1) is 24.7. The standard InChI is InChI=1S/2C23H21.C3H6.2ClH.Zr/c2*1-2-3-8-17-15-19-11-7-14-22(23(19)16-17)21-13-6-10-18-9-4-5-12-20(18)21;1-3-2;;;/h2*4-7,9-16H,2-3,8H2,1H3;1-3H2;2*1H;/q;;;;;+2/p-2. The van der Waals surface area contributed by atoms with E-state index >= 15 is 0 Å². The smallest absolute Gasteiger partial charge is 1.00 e. The van der Waals surface area contributed by atoms with Crippen molar-refractivity contribution in [1.29, 1.82) is 0 Å². The van der Waals surface area contributed by atoms with E-state index in [1.54, 1.807) is 22.3 Å². The molecule has 1 saturated heterocycles. The molecule has 0 radical (unpaired) electrons. The Balaban J connectivity index is 0.00000210. The van der Waals surface area contributed by atoms with Crippen molar-refractivity contribution in [1.82, 2.24) is 0 Å². The van der Waals surface area contributed by atoms with Crippen LogP contribution < -0.4 is 24.8 Å². The molecule has 1 fully saturated rings. The Morgan fingerprint density at radius 3 is 1.31 bits per heavy atom. The van der Waals surface area contributed by atoms with Crippen LogP contribution in [0.2, 0.25) is 8.26 Å². The van der Waals surface area contributed by atoms with Crippen molar-refractivity contribution in [3.63, 3.8) is 0 Å². The maximum Gasteiger partial charge on any atom is -1.00 e. The molecule has 0 amide bonds. The summed E-state index contributed by atoms with van der Waals surface area (Å²) in [6.07, 6.45) is 14.4. The Bertz CT molecular complexity index is 2140. The molecule has 0 N–H and O–H groups in total. The van der Waals surface area contributed by atoms with Gasteiger partial charge in [-0.2, -0.15) is 0 Å². The van der Waals surface area contributed by atoms with Crippen LogP contribution >= 0.6 is 0 Å². The normalized spacial score (nSPS) is 17.5. The number of rotatable bonds is 10. The number of hydrogen-bond acceptors (Lipinski definition) is 0. The summed E-state index contributed by atoms with van der Waals surface area (Å²) in [6, 6.07) is 46.4. The van der Waals surface area contributed by atoms with Gasteiger partial charge in [0.2, 0.25) is 0 Å². The predicted octanol–water partition coefficient (Wildman–Crippen LogP) is 8.69. The average Bonchev–Trinajstić information content (AvgIpc) is 3.71. The molecule has 3 heteroatoms. The Kier molecular flexibility index (Phi) is 11.2. The monoisotopic (exact) mass is 796 g/mol. The molecule has 2 aliphatic carbocycles. The van der Waals surface area contributed by atoms with E-state index in [1.165, 1.54) is 108 Å². The second-order valence-electron chi connectivity index (χ2n) is 15.3. The van der Waals surface area contributed by atoms with Gasteiger partial charge in [0.15, 0.2) is 0 Å². The first-order valence-corrected chi connectivity index (χ1v) is 25.7. The number of unbranched alkanes of at least 4 members (excludes halogenated alkanes) is 2. The van der Waals surface area contributed by atoms with E-state index in [-0.39, 0.29) is 24.8 Å². The van der Waals surface area contributed by atoms with Crippen molar-refractivity contribution >= 4 is 33.7 Å². The van der Waals surface area contributed by atoms with Crippen LogP contribution in [0.4, 0.5) is 0 Å². The predicted molar refractivity (Wildman–Crippen MR) is 213 cm³/mol. The summed E-state index contributed by atoms with van der Waals surface area (Å²) < 4.78 is 4.34. The van der Waals surface area contributed by atoms with E-state index in [1.807, 2.05) is 0 Å². The summed E-state index contributed by atoms with van der Waals surface area (Å²) in [5.41, 5.74) is 15.6. The molecule has 0 bridgehead atoms. The SMILES string of the molecule is CCCCC1=Cc2c(-c3cccc4ccccc34)cccc2[CH]1[Zr+2]1([CH]2C(CCCC)=Cc3c(-c4cccc5ccccc45)cccc32)[CH2]C[CH2]1.[Cl-].[Cl-]. The van der Waals surface area contributed by atoms with Crippen molar-refractivity contribution in [2.24, 2.45) is 0 Å². The minimum absolute atomic E-state index is 0. The number of hydrogen-bond donors (Lipinski definition) is 0. The molecule has 9 rings (SSSR count). The third-order valence-electron chi connectivity index (χ3n) is 12.5. The third kappa shape index (κ3) is 6.10. The van der Waals surface area contributed by atoms with Crippen molar-refractivity contribution < 1.29 is 45.1 Å². The molecule has 0 aromatic heterocycles. The third-order valence-corrected chi connectivity index (χ3v) is 27.9. The van der Waals surface area contributed by atoms with Gasteiger partial charge in [0, 0.05) is 0 Å². The molecule has 2 atom stereocenters. The van der Waals surface area contributed by atoms with Crippen LogP contribution in [-0.4, -0.2) is 0 Å². The summed E-state index contributed by atoms with van der Waals surface area (Å²) in [6.45, 7) is 4.74. The van der Waals surface area contributed by atoms with Crippen molar-refractivity contribution in [3.05, 3.63) is 155 Å². The fraction of sp³-hybridized carbons (Fsp3) is 0.265. The van der Waals surface area contributed by atoms with E-state index in [2.05, 4.69) is 147 Å². The summed E-state index contributed by atoms with van der Waals surface area (Å²) in [5.74, 6) is 0. The van der Waals surface area contributed by atoms with Gasteiger partial charge < -0.3 is 24.8 Å². The summed E-state index contributed by atoms with van der Waals surface area (Å²) in [7, 11) is 0. The zero-order valence-electron chi connectivity index (χ0n) is 30.5. The van der Waals surface area contributed by atoms with Crippen LogP contribution in [0.5, 0.6) is 0 Å². The molecule has 6 aromatic rings. The van der Waals surface area contributed by atoms with E-state index < -0.39 is 20.3 Å². The molecule has 1 aliphatic heterocycles. The van der Waals surface area contributed by atoms with Crippen molar-refractivity contribution in [3.8, 4) is 22.3 Å². The number of halogens is 2. The van der Waals surface area contributed by atoms with Crippen LogP contribution in [0.3, 0.4) is 0 Å². The second kappa shape index (κ2) is 15.6. The number of allylic oxidation sites excluding steroid dienone is 2. The first kappa shape index (κ1) is 37.1. The summed E-state index contributed by atoms with van der Waals surface area (Å²) in [5, 5.41) is 5.40. The number of fused-ring (bicyclic) bond motifs is 4. The largest absolute Gasteiger partial charge is 1.00 e. The quantitative estimate of drug-likeness (QED) is 0.130. The molecule has 0 saturated carbocycles. The van der Waals surface area contributed by atoms with Gasteiger partial charge in [-0.15, -0.1) is 0 Å². The van der Waals surface area contributed by atoms with Gasteiger partial charge in [-0.3, -0.25) is 0 Å². The Morgan fingerprint density at radius 1 is 0.481 bits per heavy atom. The molecule has 2 unspecified atom stereocenters. The molecule has 0 spiro atoms. The zero-order chi connectivity index (χ0) is 33.7. The van der Waals surface area contributed by atoms with Gasteiger partial charge >= 0.3 is 305 Å². The molecule has 6 aromatic carbocycles. The minimum Gasteiger partial charge on any atom is -1.00 e. The maximum atomic E-state index is 2.71. The van der Waals surface area contributed by atoms with Gasteiger partial charge in [-0.25, -0.2) is 0 Å². The Labute approximate surface area is 327 Å². The van der Waals surface area contributed by atoms with E-state index in [0.29, 0.717) is 7.25 Å². The fourth-order valence-corrected chi connectivity index (χ4v) is 25.8. The second-order valence-corrected chi connectivity index (χ2v) is 26.6. The van der Waals surface area contributed by atoms with Crippen LogP contribution in [0.1, 0.15) is 88.3 Å². The molecule has 3 aliphatic rings. The van der Waals surface area contributed by atoms with Gasteiger partial charge in [-0.1, -0.05) is 0 Å². The number of benzene rings is 6. The van der Waals surface area contributed by atoms with Crippen LogP contribution in [-0.2, 0) is 20.3 Å². The zero-order valence-corrected chi connectivity index (χ0v) is 34.4. The van der Waals surface area contributed by atoms with Gasteiger partial charge in [-0.05, 0) is 0 Å². The molecular weight excluding hydrogens is 751 g/mol. The van der Waals surface area contributed by atoms with Crippen molar-refractivity contribution in [2.75, 3.05) is 0 Å². The summed E-state index contributed by atoms with van der Waals surface area (Å²) in [4.78, 5) is 0. The van der Waals surface area contributed by atoms with Gasteiger partial charge in [0.1, 0.15) is 0 Å². The van der Waals surface area contributed by atoms with Crippen LogP contribution in [0.15, 0.2) is 132 Å². The fourth-order valence-electron chi connectivity index (χ4n) is 10.2. The molecule has 1 heterocycles. The van der Waals surface area contributed by atoms with E-state index in [4.69, 9.17) is 0 Å². The minimum atomic E-state index is -2.97. The molecule has 52 heavy (non-hydrogen) atoms. The average molecular weight is 799 g/mol. The van der Waals surface area contributed by atoms with Crippen LogP contribution in [0, 0.1) is 0 Å². The summed E-state index contributed by atoms with van der Waals surface area (Å²) >= 11 is -2.97. The molecular formula is C49H48Cl2Zr. The first-order valence-electron chi connectivity index (χ1n) is 19.3. The molecule has 0 nitrogen and oxygen atoms in total. The van der Waals surface area contributed by atoms with Crippen molar-refractivity contribution in [2.45, 2.75) is 74.3 Å². The Hall–Kier alpha value is -3.22. The Morgan fingerprint density at radius 2 is 0.885 bits per heavy atom. The van der Waals surface area contributed by atoms with E-state index in [0.717, 1.165) is 0 Å². The van der Waals surface area contributed by atoms with Gasteiger partial charge in [0.25, 0.3) is 0 Å². The topological polar surface area (TPSA) is 0 Å². The van der Waals surface area contributed by atoms with Crippen LogP contribution in [0.25, 0.3) is 56.0 Å². The molecule has 262 valence electrons.